The van der Waals surface area contributed by atoms with Crippen LogP contribution in [0, 0.1) is 11.8 Å². The second-order valence-electron chi connectivity index (χ2n) is 7.06. The lowest BCUT2D eigenvalue weighted by molar-refractivity contribution is -0.136. The van der Waals surface area contributed by atoms with Crippen molar-refractivity contribution in [1.29, 1.82) is 0 Å². The SMILES string of the molecule is CC(C(=O)N(C)CCOc1ccc(OCc2ccccc2)cc1)C1CNC1. The molecule has 0 radical (unpaired) electrons. The zero-order valence-electron chi connectivity index (χ0n) is 16.1. The van der Waals surface area contributed by atoms with Crippen molar-refractivity contribution < 1.29 is 14.3 Å². The van der Waals surface area contributed by atoms with Crippen molar-refractivity contribution in [3.8, 4) is 11.5 Å². The Balaban J connectivity index is 1.38. The molecule has 27 heavy (non-hydrogen) atoms. The number of rotatable bonds is 9. The van der Waals surface area contributed by atoms with Gasteiger partial charge in [-0.2, -0.15) is 0 Å². The van der Waals surface area contributed by atoms with E-state index in [1.165, 1.54) is 0 Å². The van der Waals surface area contributed by atoms with E-state index in [-0.39, 0.29) is 11.8 Å². The number of likely N-dealkylation sites (N-methyl/N-ethyl adjacent to an activating group) is 1. The first kappa shape index (κ1) is 19.2. The molecule has 0 saturated carbocycles. The normalized spacial score (nSPS) is 14.9. The maximum absolute atomic E-state index is 12.4. The van der Waals surface area contributed by atoms with E-state index in [2.05, 4.69) is 5.32 Å². The summed E-state index contributed by atoms with van der Waals surface area (Å²) >= 11 is 0. The van der Waals surface area contributed by atoms with Gasteiger partial charge in [-0.3, -0.25) is 4.79 Å². The minimum atomic E-state index is 0.0669. The van der Waals surface area contributed by atoms with Gasteiger partial charge in [0.15, 0.2) is 0 Å². The molecule has 1 amide bonds. The molecule has 0 bridgehead atoms. The van der Waals surface area contributed by atoms with Crippen LogP contribution >= 0.6 is 0 Å². The first-order valence-electron chi connectivity index (χ1n) is 9.49. The molecule has 0 spiro atoms. The fraction of sp³-hybridized carbons (Fsp3) is 0.409. The van der Waals surface area contributed by atoms with Gasteiger partial charge in [-0.25, -0.2) is 0 Å². The summed E-state index contributed by atoms with van der Waals surface area (Å²) in [4.78, 5) is 14.1. The third kappa shape index (κ3) is 5.47. The van der Waals surface area contributed by atoms with Gasteiger partial charge in [0.05, 0.1) is 6.54 Å². The molecule has 1 saturated heterocycles. The van der Waals surface area contributed by atoms with E-state index in [9.17, 15) is 4.79 Å². The Morgan fingerprint density at radius 3 is 2.30 bits per heavy atom. The van der Waals surface area contributed by atoms with Gasteiger partial charge in [-0.15, -0.1) is 0 Å². The molecule has 144 valence electrons. The number of amides is 1. The van der Waals surface area contributed by atoms with Gasteiger partial charge in [-0.05, 0) is 48.8 Å². The molecule has 5 heteroatoms. The van der Waals surface area contributed by atoms with Crippen LogP contribution in [0.3, 0.4) is 0 Å². The third-order valence-corrected chi connectivity index (χ3v) is 5.05. The second-order valence-corrected chi connectivity index (χ2v) is 7.06. The number of carbonyl (C=O) groups excluding carboxylic acids is 1. The average molecular weight is 368 g/mol. The number of hydrogen-bond donors (Lipinski definition) is 1. The zero-order chi connectivity index (χ0) is 19.1. The largest absolute Gasteiger partial charge is 0.492 e. The molecule has 3 rings (SSSR count). The van der Waals surface area contributed by atoms with Crippen molar-refractivity contribution in [3.63, 3.8) is 0 Å². The Hall–Kier alpha value is -2.53. The lowest BCUT2D eigenvalue weighted by Gasteiger charge is -2.33. The Kier molecular flexibility index (Phi) is 6.71. The van der Waals surface area contributed by atoms with Crippen molar-refractivity contribution in [2.24, 2.45) is 11.8 Å². The van der Waals surface area contributed by atoms with E-state index in [0.717, 1.165) is 30.2 Å². The summed E-state index contributed by atoms with van der Waals surface area (Å²) in [5, 5.41) is 3.22. The summed E-state index contributed by atoms with van der Waals surface area (Å²) in [6, 6.07) is 17.7. The van der Waals surface area contributed by atoms with Gasteiger partial charge in [0.1, 0.15) is 24.7 Å². The molecule has 1 unspecified atom stereocenters. The molecular formula is C22H28N2O3. The molecule has 0 aromatic heterocycles. The highest BCUT2D eigenvalue weighted by atomic mass is 16.5. The molecule has 1 aliphatic rings. The number of nitrogens with zero attached hydrogens (tertiary/aromatic N) is 1. The fourth-order valence-corrected chi connectivity index (χ4v) is 3.00. The van der Waals surface area contributed by atoms with Gasteiger partial charge < -0.3 is 19.7 Å². The summed E-state index contributed by atoms with van der Waals surface area (Å²) in [6.45, 7) is 5.49. The number of nitrogens with one attached hydrogen (secondary N) is 1. The van der Waals surface area contributed by atoms with Crippen molar-refractivity contribution in [1.82, 2.24) is 10.2 Å². The maximum Gasteiger partial charge on any atom is 0.225 e. The van der Waals surface area contributed by atoms with Crippen LogP contribution in [-0.4, -0.2) is 44.1 Å². The minimum absolute atomic E-state index is 0.0669. The van der Waals surface area contributed by atoms with E-state index in [0.29, 0.717) is 25.7 Å². The first-order chi connectivity index (χ1) is 13.1. The Bertz CT molecular complexity index is 714. The molecule has 1 N–H and O–H groups in total. The van der Waals surface area contributed by atoms with Crippen molar-refractivity contribution in [2.45, 2.75) is 13.5 Å². The van der Waals surface area contributed by atoms with Crippen LogP contribution in [0.5, 0.6) is 11.5 Å². The molecule has 1 aliphatic heterocycles. The van der Waals surface area contributed by atoms with E-state index in [4.69, 9.17) is 9.47 Å². The molecule has 1 heterocycles. The van der Waals surface area contributed by atoms with Crippen molar-refractivity contribution in [2.75, 3.05) is 33.3 Å². The van der Waals surface area contributed by atoms with E-state index < -0.39 is 0 Å². The third-order valence-electron chi connectivity index (χ3n) is 5.05. The quantitative estimate of drug-likeness (QED) is 0.739. The zero-order valence-corrected chi connectivity index (χ0v) is 16.1. The van der Waals surface area contributed by atoms with Crippen molar-refractivity contribution >= 4 is 5.91 Å². The van der Waals surface area contributed by atoms with Crippen molar-refractivity contribution in [3.05, 3.63) is 60.2 Å². The topological polar surface area (TPSA) is 50.8 Å². The predicted molar refractivity (Wildman–Crippen MR) is 106 cm³/mol. The Morgan fingerprint density at radius 2 is 1.70 bits per heavy atom. The van der Waals surface area contributed by atoms with Crippen LogP contribution in [-0.2, 0) is 11.4 Å². The van der Waals surface area contributed by atoms with Gasteiger partial charge in [0.2, 0.25) is 5.91 Å². The van der Waals surface area contributed by atoms with Crippen LogP contribution in [0.2, 0.25) is 0 Å². The molecule has 1 atom stereocenters. The lowest BCUT2D eigenvalue weighted by atomic mass is 9.88. The molecule has 0 aliphatic carbocycles. The van der Waals surface area contributed by atoms with E-state index in [1.807, 2.05) is 68.6 Å². The van der Waals surface area contributed by atoms with Crippen LogP contribution in [0.1, 0.15) is 12.5 Å². The van der Waals surface area contributed by atoms with Gasteiger partial charge in [-0.1, -0.05) is 37.3 Å². The van der Waals surface area contributed by atoms with Crippen LogP contribution in [0.4, 0.5) is 0 Å². The molecule has 1 fully saturated rings. The average Bonchev–Trinajstić information content (AvgIpc) is 2.66. The van der Waals surface area contributed by atoms with Gasteiger partial charge in [0.25, 0.3) is 0 Å². The summed E-state index contributed by atoms with van der Waals surface area (Å²) < 4.78 is 11.5. The van der Waals surface area contributed by atoms with Gasteiger partial charge in [0, 0.05) is 13.0 Å². The Labute approximate surface area is 161 Å². The predicted octanol–water partition coefficient (Wildman–Crippen LogP) is 2.96. The van der Waals surface area contributed by atoms with Crippen LogP contribution in [0.15, 0.2) is 54.6 Å². The standard InChI is InChI=1S/C22H28N2O3/c1-17(19-14-23-15-19)22(25)24(2)12-13-26-20-8-10-21(11-9-20)27-16-18-6-4-3-5-7-18/h3-11,17,19,23H,12-16H2,1-2H3. The summed E-state index contributed by atoms with van der Waals surface area (Å²) in [6.07, 6.45) is 0. The van der Waals surface area contributed by atoms with E-state index in [1.54, 1.807) is 4.90 Å². The number of hydrogen-bond acceptors (Lipinski definition) is 4. The van der Waals surface area contributed by atoms with Gasteiger partial charge >= 0.3 is 0 Å². The number of benzene rings is 2. The number of carbonyl (C=O) groups is 1. The monoisotopic (exact) mass is 368 g/mol. The molecular weight excluding hydrogens is 340 g/mol. The molecule has 2 aromatic rings. The minimum Gasteiger partial charge on any atom is -0.492 e. The number of ether oxygens (including phenoxy) is 2. The van der Waals surface area contributed by atoms with Crippen LogP contribution < -0.4 is 14.8 Å². The highest BCUT2D eigenvalue weighted by Gasteiger charge is 2.30. The first-order valence-corrected chi connectivity index (χ1v) is 9.49. The highest BCUT2D eigenvalue weighted by molar-refractivity contribution is 5.78. The summed E-state index contributed by atoms with van der Waals surface area (Å²) in [7, 11) is 1.84. The second kappa shape index (κ2) is 9.42. The molecule has 2 aromatic carbocycles. The summed E-state index contributed by atoms with van der Waals surface area (Å²) in [5.41, 5.74) is 1.14. The lowest BCUT2D eigenvalue weighted by Crippen LogP contribution is -2.50. The molecule has 5 nitrogen and oxygen atoms in total. The highest BCUT2D eigenvalue weighted by Crippen LogP contribution is 2.20. The fourth-order valence-electron chi connectivity index (χ4n) is 3.00. The van der Waals surface area contributed by atoms with E-state index >= 15 is 0 Å². The smallest absolute Gasteiger partial charge is 0.225 e. The Morgan fingerprint density at radius 1 is 1.07 bits per heavy atom. The van der Waals surface area contributed by atoms with Crippen LogP contribution in [0.25, 0.3) is 0 Å². The maximum atomic E-state index is 12.4. The summed E-state index contributed by atoms with van der Waals surface area (Å²) in [5.74, 6) is 2.30.